The summed E-state index contributed by atoms with van der Waals surface area (Å²) in [5.41, 5.74) is 0.530. The topological polar surface area (TPSA) is 0 Å². The molecule has 0 radical (unpaired) electrons. The third-order valence-electron chi connectivity index (χ3n) is 3.70. The molecule has 0 amide bonds. The molecule has 0 aliphatic carbocycles. The summed E-state index contributed by atoms with van der Waals surface area (Å²) < 4.78 is 0. The normalized spacial score (nSPS) is 16.4. The quantitative estimate of drug-likeness (QED) is 0.477. The Balaban J connectivity index is 3.39. The molecule has 92 valence electrons. The van der Waals surface area contributed by atoms with Crippen LogP contribution < -0.4 is 0 Å². The Kier molecular flexibility index (Phi) is 7.30. The molecule has 2 unspecified atom stereocenters. The zero-order valence-corrected chi connectivity index (χ0v) is 11.9. The minimum atomic E-state index is 0.530. The van der Waals surface area contributed by atoms with Crippen LogP contribution >= 0.6 is 0 Å². The molecule has 0 rings (SSSR count). The van der Waals surface area contributed by atoms with Crippen LogP contribution in [0.4, 0.5) is 0 Å². The molecule has 2 atom stereocenters. The zero-order valence-electron chi connectivity index (χ0n) is 11.9. The van der Waals surface area contributed by atoms with E-state index in [1.165, 1.54) is 38.5 Å². The van der Waals surface area contributed by atoms with E-state index in [4.69, 9.17) is 0 Å². The summed E-state index contributed by atoms with van der Waals surface area (Å²) >= 11 is 0. The largest absolute Gasteiger partial charge is 0.0651 e. The highest BCUT2D eigenvalue weighted by Gasteiger charge is 2.11. The first-order valence-corrected chi connectivity index (χ1v) is 6.87. The van der Waals surface area contributed by atoms with E-state index >= 15 is 0 Å². The van der Waals surface area contributed by atoms with Gasteiger partial charge in [0.15, 0.2) is 0 Å². The molecule has 0 aliphatic heterocycles. The summed E-state index contributed by atoms with van der Waals surface area (Å²) in [6.07, 6.45) is 8.42. The molecule has 0 heterocycles. The van der Waals surface area contributed by atoms with E-state index in [-0.39, 0.29) is 0 Å². The fourth-order valence-corrected chi connectivity index (χ4v) is 1.99. The number of hydrogen-bond donors (Lipinski definition) is 0. The van der Waals surface area contributed by atoms with Crippen molar-refractivity contribution in [2.75, 3.05) is 0 Å². The molecule has 0 fully saturated rings. The highest BCUT2D eigenvalue weighted by molar-refractivity contribution is 4.63. The smallest absolute Gasteiger partial charge is 0.0383 e. The standard InChI is InChI=1S/C15H32/c1-7-13(2)14(3)11-9-8-10-12-15(4,5)6/h13-14H,7-12H2,1-6H3. The predicted molar refractivity (Wildman–Crippen MR) is 71.2 cm³/mol. The van der Waals surface area contributed by atoms with Gasteiger partial charge in [-0.3, -0.25) is 0 Å². The molecule has 0 bridgehead atoms. The summed E-state index contributed by atoms with van der Waals surface area (Å²) in [5.74, 6) is 1.83. The van der Waals surface area contributed by atoms with Crippen LogP contribution in [-0.2, 0) is 0 Å². The van der Waals surface area contributed by atoms with Crippen LogP contribution in [0.1, 0.15) is 80.1 Å². The van der Waals surface area contributed by atoms with Crippen molar-refractivity contribution in [2.24, 2.45) is 17.3 Å². The fraction of sp³-hybridized carbons (Fsp3) is 1.00. The predicted octanol–water partition coefficient (Wildman–Crippen LogP) is 5.67. The van der Waals surface area contributed by atoms with E-state index in [0.717, 1.165) is 11.8 Å². The maximum Gasteiger partial charge on any atom is -0.0383 e. The van der Waals surface area contributed by atoms with Crippen molar-refractivity contribution < 1.29 is 0 Å². The Hall–Kier alpha value is 0. The van der Waals surface area contributed by atoms with Gasteiger partial charge in [-0.1, -0.05) is 73.6 Å². The van der Waals surface area contributed by atoms with Gasteiger partial charge in [-0.15, -0.1) is 0 Å². The Labute approximate surface area is 97.8 Å². The van der Waals surface area contributed by atoms with Crippen LogP contribution in [0.25, 0.3) is 0 Å². The van der Waals surface area contributed by atoms with E-state index in [1.54, 1.807) is 0 Å². The number of hydrogen-bond acceptors (Lipinski definition) is 0. The molecule has 0 saturated heterocycles. The van der Waals surface area contributed by atoms with Crippen molar-refractivity contribution in [1.29, 1.82) is 0 Å². The number of rotatable bonds is 7. The Morgan fingerprint density at radius 3 is 1.93 bits per heavy atom. The van der Waals surface area contributed by atoms with Gasteiger partial charge in [0.25, 0.3) is 0 Å². The van der Waals surface area contributed by atoms with Gasteiger partial charge in [0.1, 0.15) is 0 Å². The van der Waals surface area contributed by atoms with Crippen LogP contribution in [-0.4, -0.2) is 0 Å². The average molecular weight is 212 g/mol. The second-order valence-electron chi connectivity index (χ2n) is 6.52. The van der Waals surface area contributed by atoms with Crippen LogP contribution in [0.5, 0.6) is 0 Å². The van der Waals surface area contributed by atoms with Gasteiger partial charge >= 0.3 is 0 Å². The van der Waals surface area contributed by atoms with Crippen LogP contribution in [0.2, 0.25) is 0 Å². The summed E-state index contributed by atoms with van der Waals surface area (Å²) in [6, 6.07) is 0. The first-order valence-electron chi connectivity index (χ1n) is 6.87. The SMILES string of the molecule is CCC(C)C(C)CCCCCC(C)(C)C. The second-order valence-corrected chi connectivity index (χ2v) is 6.52. The fourth-order valence-electron chi connectivity index (χ4n) is 1.99. The summed E-state index contributed by atoms with van der Waals surface area (Å²) in [7, 11) is 0. The van der Waals surface area contributed by atoms with Gasteiger partial charge in [-0.25, -0.2) is 0 Å². The molecule has 0 heteroatoms. The van der Waals surface area contributed by atoms with Gasteiger partial charge < -0.3 is 0 Å². The third-order valence-corrected chi connectivity index (χ3v) is 3.70. The van der Waals surface area contributed by atoms with Crippen LogP contribution in [0.3, 0.4) is 0 Å². The van der Waals surface area contributed by atoms with E-state index in [0.29, 0.717) is 5.41 Å². The Bertz CT molecular complexity index is 141. The lowest BCUT2D eigenvalue weighted by molar-refractivity contribution is 0.326. The summed E-state index contributed by atoms with van der Waals surface area (Å²) in [5, 5.41) is 0. The molecule has 0 aromatic carbocycles. The summed E-state index contributed by atoms with van der Waals surface area (Å²) in [4.78, 5) is 0. The first kappa shape index (κ1) is 15.0. The third kappa shape index (κ3) is 8.96. The van der Waals surface area contributed by atoms with Crippen molar-refractivity contribution in [3.05, 3.63) is 0 Å². The van der Waals surface area contributed by atoms with Gasteiger partial charge in [0, 0.05) is 0 Å². The van der Waals surface area contributed by atoms with Gasteiger partial charge in [0.05, 0.1) is 0 Å². The molecule has 15 heavy (non-hydrogen) atoms. The molecular weight excluding hydrogens is 180 g/mol. The minimum Gasteiger partial charge on any atom is -0.0651 e. The van der Waals surface area contributed by atoms with E-state index in [2.05, 4.69) is 41.5 Å². The Morgan fingerprint density at radius 1 is 0.867 bits per heavy atom. The van der Waals surface area contributed by atoms with Gasteiger partial charge in [-0.2, -0.15) is 0 Å². The number of unbranched alkanes of at least 4 members (excludes halogenated alkanes) is 2. The maximum absolute atomic E-state index is 2.41. The summed E-state index contributed by atoms with van der Waals surface area (Å²) in [6.45, 7) is 14.1. The van der Waals surface area contributed by atoms with Crippen LogP contribution in [0.15, 0.2) is 0 Å². The average Bonchev–Trinajstić information content (AvgIpc) is 2.14. The van der Waals surface area contributed by atoms with E-state index < -0.39 is 0 Å². The minimum absolute atomic E-state index is 0.530. The van der Waals surface area contributed by atoms with Crippen molar-refractivity contribution in [3.63, 3.8) is 0 Å². The molecule has 0 spiro atoms. The van der Waals surface area contributed by atoms with E-state index in [1.807, 2.05) is 0 Å². The lowest BCUT2D eigenvalue weighted by atomic mass is 9.87. The monoisotopic (exact) mass is 212 g/mol. The molecule has 0 aromatic rings. The van der Waals surface area contributed by atoms with Crippen molar-refractivity contribution in [2.45, 2.75) is 80.1 Å². The lowest BCUT2D eigenvalue weighted by Crippen LogP contribution is -2.07. The van der Waals surface area contributed by atoms with Crippen molar-refractivity contribution in [3.8, 4) is 0 Å². The maximum atomic E-state index is 2.41. The highest BCUT2D eigenvalue weighted by atomic mass is 14.2. The Morgan fingerprint density at radius 2 is 1.47 bits per heavy atom. The highest BCUT2D eigenvalue weighted by Crippen LogP contribution is 2.24. The van der Waals surface area contributed by atoms with Crippen molar-refractivity contribution in [1.82, 2.24) is 0 Å². The van der Waals surface area contributed by atoms with Crippen LogP contribution in [0, 0.1) is 17.3 Å². The van der Waals surface area contributed by atoms with Gasteiger partial charge in [-0.05, 0) is 23.7 Å². The van der Waals surface area contributed by atoms with E-state index in [9.17, 15) is 0 Å². The lowest BCUT2D eigenvalue weighted by Gasteiger charge is -2.19. The molecule has 0 saturated carbocycles. The molecule has 0 aliphatic rings. The molecule has 0 nitrogen and oxygen atoms in total. The second kappa shape index (κ2) is 7.30. The molecule has 0 N–H and O–H groups in total. The first-order chi connectivity index (χ1) is 6.87. The molecular formula is C15H32. The zero-order chi connectivity index (χ0) is 11.9. The van der Waals surface area contributed by atoms with Crippen molar-refractivity contribution >= 4 is 0 Å². The van der Waals surface area contributed by atoms with Gasteiger partial charge in [0.2, 0.25) is 0 Å². The molecule has 0 aromatic heterocycles.